The van der Waals surface area contributed by atoms with E-state index in [0.29, 0.717) is 44.0 Å². The van der Waals surface area contributed by atoms with E-state index < -0.39 is 0 Å². The molecule has 0 aliphatic heterocycles. The predicted molar refractivity (Wildman–Crippen MR) is 131 cm³/mol. The highest BCUT2D eigenvalue weighted by atomic mass is 32.1. The monoisotopic (exact) mass is 459 g/mol. The van der Waals surface area contributed by atoms with Gasteiger partial charge >= 0.3 is 0 Å². The van der Waals surface area contributed by atoms with E-state index in [1.807, 2.05) is 39.0 Å². The Hall–Kier alpha value is -4.05. The van der Waals surface area contributed by atoms with Gasteiger partial charge in [0, 0.05) is 21.9 Å². The quantitative estimate of drug-likeness (QED) is 0.320. The number of para-hydroxylation sites is 2. The Labute approximate surface area is 192 Å². The lowest BCUT2D eigenvalue weighted by Crippen LogP contribution is -2.12. The topological polar surface area (TPSA) is 142 Å². The van der Waals surface area contributed by atoms with Crippen molar-refractivity contribution < 1.29 is 4.79 Å². The molecule has 0 spiro atoms. The molecule has 33 heavy (non-hydrogen) atoms. The second kappa shape index (κ2) is 7.52. The number of nitrogens with two attached hydrogens (primary N) is 1. The van der Waals surface area contributed by atoms with Crippen LogP contribution in [-0.4, -0.2) is 31.1 Å². The second-order valence-corrected chi connectivity index (χ2v) is 9.70. The number of carbonyl (C=O) groups is 1. The molecular weight excluding hydrogens is 438 g/mol. The van der Waals surface area contributed by atoms with E-state index >= 15 is 0 Å². The van der Waals surface area contributed by atoms with Crippen LogP contribution >= 0.6 is 11.3 Å². The minimum Gasteiger partial charge on any atom is -0.396 e. The van der Waals surface area contributed by atoms with E-state index in [-0.39, 0.29) is 22.6 Å². The van der Waals surface area contributed by atoms with Crippen molar-refractivity contribution in [2.75, 3.05) is 11.1 Å². The van der Waals surface area contributed by atoms with Crippen LogP contribution in [0.5, 0.6) is 0 Å². The number of nitrogens with zero attached hydrogens (tertiary/aromatic N) is 3. The van der Waals surface area contributed by atoms with Crippen molar-refractivity contribution in [1.82, 2.24) is 25.1 Å². The first-order chi connectivity index (χ1) is 15.7. The predicted octanol–water partition coefficient (Wildman–Crippen LogP) is 4.05. The maximum atomic E-state index is 12.8. The number of fused-ring (bicyclic) bond motifs is 2. The second-order valence-electron chi connectivity index (χ2n) is 8.72. The van der Waals surface area contributed by atoms with Gasteiger partial charge in [0.05, 0.1) is 22.4 Å². The van der Waals surface area contributed by atoms with Crippen LogP contribution in [0, 0.1) is 0 Å². The molecule has 0 aliphatic rings. The molecule has 0 radical (unpaired) electrons. The first kappa shape index (κ1) is 20.8. The van der Waals surface area contributed by atoms with Gasteiger partial charge in [0.25, 0.3) is 11.5 Å². The molecule has 0 aliphatic carbocycles. The van der Waals surface area contributed by atoms with Gasteiger partial charge in [-0.2, -0.15) is 0 Å². The summed E-state index contributed by atoms with van der Waals surface area (Å²) in [6, 6.07) is 12.4. The summed E-state index contributed by atoms with van der Waals surface area (Å²) in [5, 5.41) is 12.9. The molecule has 0 saturated carbocycles. The lowest BCUT2D eigenvalue weighted by atomic mass is 9.98. The van der Waals surface area contributed by atoms with Crippen LogP contribution in [0.2, 0.25) is 0 Å². The Morgan fingerprint density at radius 3 is 2.61 bits per heavy atom. The lowest BCUT2D eigenvalue weighted by Gasteiger charge is -2.12. The van der Waals surface area contributed by atoms with Crippen LogP contribution in [0.4, 0.5) is 10.8 Å². The van der Waals surface area contributed by atoms with E-state index in [4.69, 9.17) is 5.73 Å². The zero-order valence-electron chi connectivity index (χ0n) is 18.2. The number of carbonyl (C=O) groups excluding carboxylic acids is 1. The van der Waals surface area contributed by atoms with Gasteiger partial charge in [-0.1, -0.05) is 44.2 Å². The van der Waals surface area contributed by atoms with Gasteiger partial charge in [0.1, 0.15) is 5.01 Å². The van der Waals surface area contributed by atoms with E-state index in [1.165, 1.54) is 11.3 Å². The van der Waals surface area contributed by atoms with Crippen molar-refractivity contribution in [2.24, 2.45) is 0 Å². The Morgan fingerprint density at radius 1 is 1.06 bits per heavy atom. The average Bonchev–Trinajstić information content (AvgIpc) is 3.38. The molecule has 1 amide bonds. The van der Waals surface area contributed by atoms with Gasteiger partial charge in [-0.05, 0) is 30.3 Å². The molecule has 10 heteroatoms. The SMILES string of the molecule is CC(C)(C)c1nnc(NC(=O)c2ccc3[nH]c(-c4nc5ccccc5[nH]c4=O)c(N)c3c2)s1. The van der Waals surface area contributed by atoms with Crippen LogP contribution in [0.3, 0.4) is 0 Å². The smallest absolute Gasteiger partial charge is 0.276 e. The summed E-state index contributed by atoms with van der Waals surface area (Å²) in [6.45, 7) is 6.11. The fourth-order valence-corrected chi connectivity index (χ4v) is 4.28. The van der Waals surface area contributed by atoms with E-state index in [9.17, 15) is 9.59 Å². The minimum absolute atomic E-state index is 0.149. The molecule has 0 saturated heterocycles. The first-order valence-corrected chi connectivity index (χ1v) is 11.1. The summed E-state index contributed by atoms with van der Waals surface area (Å²) in [5.74, 6) is -0.322. The number of amides is 1. The maximum Gasteiger partial charge on any atom is 0.276 e. The van der Waals surface area contributed by atoms with Gasteiger partial charge in [-0.25, -0.2) is 4.98 Å². The first-order valence-electron chi connectivity index (χ1n) is 10.3. The van der Waals surface area contributed by atoms with Crippen LogP contribution in [0.1, 0.15) is 36.1 Å². The molecule has 3 heterocycles. The summed E-state index contributed by atoms with van der Waals surface area (Å²) in [5.41, 5.74) is 9.23. The number of hydrogen-bond donors (Lipinski definition) is 4. The summed E-state index contributed by atoms with van der Waals surface area (Å²) in [6.07, 6.45) is 0. The molecule has 5 aromatic rings. The number of benzene rings is 2. The zero-order valence-corrected chi connectivity index (χ0v) is 19.0. The number of aromatic amines is 2. The average molecular weight is 460 g/mol. The molecule has 0 bridgehead atoms. The third kappa shape index (κ3) is 3.74. The highest BCUT2D eigenvalue weighted by Gasteiger charge is 2.21. The summed E-state index contributed by atoms with van der Waals surface area (Å²) in [7, 11) is 0. The van der Waals surface area contributed by atoms with Crippen LogP contribution in [-0.2, 0) is 5.41 Å². The number of anilines is 2. The molecule has 2 aromatic carbocycles. The highest BCUT2D eigenvalue weighted by molar-refractivity contribution is 7.15. The minimum atomic E-state index is -0.351. The van der Waals surface area contributed by atoms with Gasteiger partial charge in [-0.15, -0.1) is 10.2 Å². The lowest BCUT2D eigenvalue weighted by molar-refractivity contribution is 0.102. The number of hydrogen-bond acceptors (Lipinski definition) is 7. The number of nitrogen functional groups attached to an aromatic ring is 1. The van der Waals surface area contributed by atoms with E-state index in [2.05, 4.69) is 30.5 Å². The third-order valence-corrected chi connectivity index (χ3v) is 6.49. The van der Waals surface area contributed by atoms with Crippen molar-refractivity contribution in [3.63, 3.8) is 0 Å². The molecule has 3 aromatic heterocycles. The summed E-state index contributed by atoms with van der Waals surface area (Å²) < 4.78 is 0. The molecule has 166 valence electrons. The summed E-state index contributed by atoms with van der Waals surface area (Å²) in [4.78, 5) is 35.9. The highest BCUT2D eigenvalue weighted by Crippen LogP contribution is 2.32. The Kier molecular flexibility index (Phi) is 4.75. The largest absolute Gasteiger partial charge is 0.396 e. The van der Waals surface area contributed by atoms with Crippen molar-refractivity contribution in [3.8, 4) is 11.4 Å². The Morgan fingerprint density at radius 2 is 1.85 bits per heavy atom. The fourth-order valence-electron chi connectivity index (χ4n) is 3.49. The van der Waals surface area contributed by atoms with Crippen LogP contribution < -0.4 is 16.6 Å². The molecule has 0 atom stereocenters. The molecule has 0 fully saturated rings. The van der Waals surface area contributed by atoms with Crippen molar-refractivity contribution >= 4 is 50.0 Å². The molecule has 5 rings (SSSR count). The van der Waals surface area contributed by atoms with Gasteiger partial charge in [0.2, 0.25) is 5.13 Å². The van der Waals surface area contributed by atoms with Crippen LogP contribution in [0.25, 0.3) is 33.3 Å². The van der Waals surface area contributed by atoms with Crippen LogP contribution in [0.15, 0.2) is 47.3 Å². The fraction of sp³-hybridized carbons (Fsp3) is 0.174. The number of nitrogens with one attached hydrogen (secondary N) is 3. The molecule has 5 N–H and O–H groups in total. The standard InChI is InChI=1S/C23H21N7O2S/c1-23(2,3)21-29-30-22(33-21)28-19(31)11-8-9-13-12(10-11)16(24)17(25-13)18-20(32)27-15-7-5-4-6-14(15)26-18/h4-10,25H,24H2,1-3H3,(H,27,32)(H,28,30,31). The molecule has 9 nitrogen and oxygen atoms in total. The van der Waals surface area contributed by atoms with Crippen molar-refractivity contribution in [2.45, 2.75) is 26.2 Å². The van der Waals surface area contributed by atoms with Gasteiger partial charge < -0.3 is 15.7 Å². The maximum absolute atomic E-state index is 12.8. The van der Waals surface area contributed by atoms with Crippen molar-refractivity contribution in [3.05, 3.63) is 63.4 Å². The normalized spacial score (nSPS) is 11.8. The molecule has 0 unspecified atom stereocenters. The number of rotatable bonds is 3. The third-order valence-electron chi connectivity index (χ3n) is 5.22. The van der Waals surface area contributed by atoms with Gasteiger partial charge in [-0.3, -0.25) is 14.9 Å². The van der Waals surface area contributed by atoms with Crippen molar-refractivity contribution in [1.29, 1.82) is 0 Å². The molecular formula is C23H21N7O2S. The zero-order chi connectivity index (χ0) is 23.3. The Bertz CT molecular complexity index is 1590. The summed E-state index contributed by atoms with van der Waals surface area (Å²) >= 11 is 1.34. The number of H-pyrrole nitrogens is 2. The van der Waals surface area contributed by atoms with Gasteiger partial charge in [0.15, 0.2) is 5.69 Å². The van der Waals surface area contributed by atoms with E-state index in [1.54, 1.807) is 24.3 Å². The Balaban J connectivity index is 1.50. The number of aromatic nitrogens is 5. The van der Waals surface area contributed by atoms with E-state index in [0.717, 1.165) is 5.01 Å².